The molecule has 0 radical (unpaired) electrons. The molecule has 0 rings (SSSR count). The molecule has 16 heavy (non-hydrogen) atoms. The number of alkyl halides is 6. The Labute approximate surface area is 95.9 Å². The lowest BCUT2D eigenvalue weighted by molar-refractivity contribution is -0.326. The molecule has 0 heterocycles. The van der Waals surface area contributed by atoms with Gasteiger partial charge in [0.15, 0.2) is 0 Å². The predicted octanol–water partition coefficient (Wildman–Crippen LogP) is 0.909. The molecular formula is C6H10AlF6NO2. The largest absolute Gasteiger partial charge is 0.522 e. The Balaban J connectivity index is 3.49. The van der Waals surface area contributed by atoms with Crippen LogP contribution >= 0.6 is 0 Å². The highest BCUT2D eigenvalue weighted by molar-refractivity contribution is 6.04. The van der Waals surface area contributed by atoms with Crippen LogP contribution in [0.15, 0.2) is 0 Å². The molecule has 0 atom stereocenters. The van der Waals surface area contributed by atoms with Crippen molar-refractivity contribution in [1.82, 2.24) is 3.88 Å². The highest BCUT2D eigenvalue weighted by Crippen LogP contribution is 2.16. The van der Waals surface area contributed by atoms with Crippen LogP contribution in [0.1, 0.15) is 0 Å². The summed E-state index contributed by atoms with van der Waals surface area (Å²) in [7, 11) is 0. The number of hydrogen-bond acceptors (Lipinski definition) is 3. The summed E-state index contributed by atoms with van der Waals surface area (Å²) in [6.07, 6.45) is -9.41. The van der Waals surface area contributed by atoms with Crippen molar-refractivity contribution in [3.05, 3.63) is 0 Å². The first kappa shape index (κ1) is 16.0. The van der Waals surface area contributed by atoms with Crippen molar-refractivity contribution in [2.24, 2.45) is 0 Å². The van der Waals surface area contributed by atoms with Crippen LogP contribution in [0.3, 0.4) is 0 Å². The molecule has 0 saturated carbocycles. The molecule has 0 aromatic rings. The summed E-state index contributed by atoms with van der Waals surface area (Å²) in [5.41, 5.74) is 0. The van der Waals surface area contributed by atoms with Crippen LogP contribution in [0.25, 0.3) is 0 Å². The second kappa shape index (κ2) is 6.66. The average molecular weight is 269 g/mol. The van der Waals surface area contributed by atoms with Crippen molar-refractivity contribution in [1.29, 1.82) is 0 Å². The quantitative estimate of drug-likeness (QED) is 0.528. The minimum Gasteiger partial charge on any atom is -0.387 e. The second-order valence-corrected chi connectivity index (χ2v) is 4.16. The maximum absolute atomic E-state index is 11.5. The molecule has 0 fully saturated rings. The molecule has 0 aliphatic rings. The number of rotatable bonds is 6. The Kier molecular flexibility index (Phi) is 6.66. The number of nitrogens with zero attached hydrogens (tertiary/aromatic N) is 1. The molecule has 0 aliphatic heterocycles. The van der Waals surface area contributed by atoms with Crippen molar-refractivity contribution in [3.63, 3.8) is 0 Å². The first-order valence-corrected chi connectivity index (χ1v) is 5.09. The van der Waals surface area contributed by atoms with Gasteiger partial charge in [0.25, 0.3) is 0 Å². The second-order valence-electron chi connectivity index (χ2n) is 2.89. The maximum Gasteiger partial charge on any atom is 0.522 e. The Bertz CT molecular complexity index is 176. The molecule has 10 heteroatoms. The van der Waals surface area contributed by atoms with Gasteiger partial charge in [-0.2, -0.15) is 0 Å². The van der Waals surface area contributed by atoms with Crippen molar-refractivity contribution >= 4 is 16.5 Å². The zero-order chi connectivity index (χ0) is 12.8. The SMILES string of the molecule is FC(F)(F)OCC[N]([AlH2])CCOC(F)(F)F. The summed E-state index contributed by atoms with van der Waals surface area (Å²) < 4.78 is 77.4. The minimum absolute atomic E-state index is 0.0764. The molecule has 0 amide bonds. The fourth-order valence-corrected chi connectivity index (χ4v) is 1.11. The third-order valence-electron chi connectivity index (χ3n) is 1.48. The average Bonchev–Trinajstić information content (AvgIpc) is 1.98. The first-order chi connectivity index (χ1) is 7.10. The van der Waals surface area contributed by atoms with Crippen LogP contribution in [-0.4, -0.2) is 59.4 Å². The summed E-state index contributed by atoms with van der Waals surface area (Å²) in [5.74, 6) is 0. The van der Waals surface area contributed by atoms with Crippen molar-refractivity contribution in [2.75, 3.05) is 26.3 Å². The smallest absolute Gasteiger partial charge is 0.387 e. The van der Waals surface area contributed by atoms with E-state index in [1.54, 1.807) is 0 Å². The van der Waals surface area contributed by atoms with Crippen LogP contribution in [0.2, 0.25) is 0 Å². The normalized spacial score (nSPS) is 13.4. The summed E-state index contributed by atoms with van der Waals surface area (Å²) in [6, 6.07) is 0. The van der Waals surface area contributed by atoms with Gasteiger partial charge in [0.2, 0.25) is 0 Å². The zero-order valence-electron chi connectivity index (χ0n) is 8.36. The zero-order valence-corrected chi connectivity index (χ0v) is 10.4. The molecule has 0 unspecified atom stereocenters. The van der Waals surface area contributed by atoms with Crippen LogP contribution in [0.4, 0.5) is 26.3 Å². The molecule has 0 aromatic carbocycles. The maximum atomic E-state index is 11.5. The first-order valence-electron chi connectivity index (χ1n) is 4.20. The Morgan fingerprint density at radius 3 is 1.38 bits per heavy atom. The summed E-state index contributed by atoms with van der Waals surface area (Å²) in [6.45, 7) is -1.35. The number of halogens is 6. The standard InChI is InChI=1S/C6H8F6NO2.Al.2H/c7-5(8,9)14-3-1-13-2-4-15-6(10,11)12;;;/h1-4H2;;;/q-1;+1;;. The van der Waals surface area contributed by atoms with Crippen molar-refractivity contribution in [3.8, 4) is 0 Å². The minimum atomic E-state index is -4.70. The van der Waals surface area contributed by atoms with Crippen LogP contribution < -0.4 is 0 Å². The molecule has 0 bridgehead atoms. The molecular weight excluding hydrogens is 259 g/mol. The number of hydrogen-bond donors (Lipinski definition) is 0. The lowest BCUT2D eigenvalue weighted by Gasteiger charge is -2.18. The van der Waals surface area contributed by atoms with E-state index in [2.05, 4.69) is 9.47 Å². The van der Waals surface area contributed by atoms with Crippen LogP contribution in [0, 0.1) is 0 Å². The fourth-order valence-electron chi connectivity index (χ4n) is 0.746. The van der Waals surface area contributed by atoms with E-state index in [1.165, 1.54) is 3.88 Å². The van der Waals surface area contributed by atoms with E-state index in [4.69, 9.17) is 0 Å². The van der Waals surface area contributed by atoms with E-state index in [9.17, 15) is 26.3 Å². The lowest BCUT2D eigenvalue weighted by atomic mass is 10.6. The molecule has 3 nitrogen and oxygen atoms in total. The Morgan fingerprint density at radius 1 is 0.812 bits per heavy atom. The third kappa shape index (κ3) is 12.1. The topological polar surface area (TPSA) is 21.7 Å². The van der Waals surface area contributed by atoms with E-state index in [-0.39, 0.29) is 13.1 Å². The van der Waals surface area contributed by atoms with Gasteiger partial charge >= 0.3 is 29.2 Å². The third-order valence-corrected chi connectivity index (χ3v) is 2.37. The van der Waals surface area contributed by atoms with Gasteiger partial charge in [-0.3, -0.25) is 9.47 Å². The van der Waals surface area contributed by atoms with E-state index >= 15 is 0 Å². The summed E-state index contributed by atoms with van der Waals surface area (Å²) in [5, 5.41) is 0. The lowest BCUT2D eigenvalue weighted by Crippen LogP contribution is -2.31. The van der Waals surface area contributed by atoms with E-state index in [0.29, 0.717) is 16.5 Å². The molecule has 0 aromatic heterocycles. The Hall–Kier alpha value is -0.00753. The van der Waals surface area contributed by atoms with Gasteiger partial charge in [-0.15, -0.1) is 26.3 Å². The van der Waals surface area contributed by atoms with E-state index in [1.807, 2.05) is 0 Å². The summed E-state index contributed by atoms with van der Waals surface area (Å²) >= 11 is 0.330. The monoisotopic (exact) mass is 269 g/mol. The van der Waals surface area contributed by atoms with Gasteiger partial charge in [-0.1, -0.05) is 0 Å². The van der Waals surface area contributed by atoms with Crippen LogP contribution in [-0.2, 0) is 9.47 Å². The molecule has 0 aliphatic carbocycles. The van der Waals surface area contributed by atoms with Gasteiger partial charge < -0.3 is 3.88 Å². The van der Waals surface area contributed by atoms with Crippen LogP contribution in [0.5, 0.6) is 0 Å². The van der Waals surface area contributed by atoms with Gasteiger partial charge in [0.1, 0.15) is 0 Å². The van der Waals surface area contributed by atoms with Gasteiger partial charge in [-0.05, 0) is 0 Å². The highest BCUT2D eigenvalue weighted by atomic mass is 27.1. The Morgan fingerprint density at radius 2 is 1.12 bits per heavy atom. The van der Waals surface area contributed by atoms with Crippen molar-refractivity contribution in [2.45, 2.75) is 12.7 Å². The molecule has 0 spiro atoms. The van der Waals surface area contributed by atoms with E-state index < -0.39 is 25.9 Å². The van der Waals surface area contributed by atoms with Crippen molar-refractivity contribution < 1.29 is 35.8 Å². The fraction of sp³-hybridized carbons (Fsp3) is 1.00. The number of ether oxygens (including phenoxy) is 2. The highest BCUT2D eigenvalue weighted by Gasteiger charge is 2.29. The molecule has 0 saturated heterocycles. The predicted molar refractivity (Wildman–Crippen MR) is 44.1 cm³/mol. The molecule has 96 valence electrons. The molecule has 0 N–H and O–H groups in total. The van der Waals surface area contributed by atoms with Gasteiger partial charge in [0.05, 0.1) is 13.2 Å². The van der Waals surface area contributed by atoms with Gasteiger partial charge in [-0.25, -0.2) is 0 Å². The van der Waals surface area contributed by atoms with E-state index in [0.717, 1.165) is 0 Å². The summed E-state index contributed by atoms with van der Waals surface area (Å²) in [4.78, 5) is 0. The van der Waals surface area contributed by atoms with Gasteiger partial charge in [0, 0.05) is 13.1 Å².